The smallest absolute Gasteiger partial charge is 0.191 e. The fourth-order valence-electron chi connectivity index (χ4n) is 2.93. The Morgan fingerprint density at radius 2 is 2.04 bits per heavy atom. The van der Waals surface area contributed by atoms with Crippen LogP contribution < -0.4 is 20.1 Å². The molecule has 2 rings (SSSR count). The van der Waals surface area contributed by atoms with Gasteiger partial charge in [-0.15, -0.1) is 24.0 Å². The number of hydrogen-bond acceptors (Lipinski definition) is 4. The van der Waals surface area contributed by atoms with Gasteiger partial charge in [-0.25, -0.2) is 4.99 Å². The number of hydrogen-bond donors (Lipinski definition) is 2. The number of nitrogens with one attached hydrogen (secondary N) is 2. The molecule has 1 aliphatic rings. The lowest BCUT2D eigenvalue weighted by atomic mass is 10.1. The molecular formula is C20H34IN3O3. The molecule has 0 saturated heterocycles. The molecule has 0 saturated carbocycles. The fourth-order valence-corrected chi connectivity index (χ4v) is 2.93. The molecule has 1 heterocycles. The van der Waals surface area contributed by atoms with Crippen LogP contribution in [0.4, 0.5) is 0 Å². The van der Waals surface area contributed by atoms with Gasteiger partial charge < -0.3 is 24.8 Å². The van der Waals surface area contributed by atoms with E-state index in [1.165, 1.54) is 5.56 Å². The van der Waals surface area contributed by atoms with E-state index in [0.717, 1.165) is 62.2 Å². The molecule has 2 N–H and O–H groups in total. The summed E-state index contributed by atoms with van der Waals surface area (Å²) < 4.78 is 17.1. The highest BCUT2D eigenvalue weighted by Crippen LogP contribution is 2.35. The predicted octanol–water partition coefficient (Wildman–Crippen LogP) is 3.51. The zero-order chi connectivity index (χ0) is 18.8. The number of benzene rings is 1. The number of aliphatic imine (C=N–C) groups is 1. The maximum Gasteiger partial charge on any atom is 0.191 e. The molecule has 1 aromatic rings. The number of guanidine groups is 1. The number of fused-ring (bicyclic) bond motifs is 1. The minimum absolute atomic E-state index is 0. The monoisotopic (exact) mass is 491 g/mol. The van der Waals surface area contributed by atoms with Gasteiger partial charge in [0.15, 0.2) is 5.96 Å². The van der Waals surface area contributed by atoms with Gasteiger partial charge in [-0.1, -0.05) is 0 Å². The van der Waals surface area contributed by atoms with E-state index in [0.29, 0.717) is 13.2 Å². The second-order valence-electron chi connectivity index (χ2n) is 6.31. The average molecular weight is 491 g/mol. The van der Waals surface area contributed by atoms with Gasteiger partial charge in [0, 0.05) is 43.9 Å². The Balaban J connectivity index is 0.00000364. The van der Waals surface area contributed by atoms with Gasteiger partial charge in [-0.05, 0) is 46.2 Å². The molecule has 0 aromatic heterocycles. The molecule has 0 aliphatic carbocycles. The van der Waals surface area contributed by atoms with Crippen molar-refractivity contribution in [3.8, 4) is 11.5 Å². The zero-order valence-electron chi connectivity index (χ0n) is 17.0. The summed E-state index contributed by atoms with van der Waals surface area (Å²) in [6, 6.07) is 4.18. The molecule has 0 radical (unpaired) electrons. The van der Waals surface area contributed by atoms with E-state index >= 15 is 0 Å². The van der Waals surface area contributed by atoms with Crippen molar-refractivity contribution in [1.29, 1.82) is 0 Å². The van der Waals surface area contributed by atoms with Crippen molar-refractivity contribution in [2.45, 2.75) is 53.2 Å². The fraction of sp³-hybridized carbons (Fsp3) is 0.650. The molecule has 0 bridgehead atoms. The van der Waals surface area contributed by atoms with Gasteiger partial charge in [0.05, 0.1) is 13.2 Å². The largest absolute Gasteiger partial charge is 0.494 e. The Bertz CT molecular complexity index is 596. The summed E-state index contributed by atoms with van der Waals surface area (Å²) in [4.78, 5) is 4.71. The van der Waals surface area contributed by atoms with Crippen LogP contribution in [0.3, 0.4) is 0 Å². The minimum atomic E-state index is 0. The maximum absolute atomic E-state index is 5.89. The van der Waals surface area contributed by atoms with Crippen LogP contribution in [0.2, 0.25) is 0 Å². The second-order valence-corrected chi connectivity index (χ2v) is 6.31. The molecule has 27 heavy (non-hydrogen) atoms. The lowest BCUT2D eigenvalue weighted by Gasteiger charge is -2.14. The van der Waals surface area contributed by atoms with Crippen LogP contribution in [0.25, 0.3) is 0 Å². The normalized spacial score (nSPS) is 15.6. The van der Waals surface area contributed by atoms with Crippen molar-refractivity contribution in [3.05, 3.63) is 23.3 Å². The zero-order valence-corrected chi connectivity index (χ0v) is 19.3. The molecule has 0 amide bonds. The molecule has 7 heteroatoms. The molecule has 1 unspecified atom stereocenters. The van der Waals surface area contributed by atoms with Crippen LogP contribution in [-0.4, -0.2) is 45.0 Å². The SMILES string of the molecule is CCNC(=NCc1cc2c(cc1OCC)CC(C)O2)NCCCOCC.I. The van der Waals surface area contributed by atoms with Crippen LogP contribution in [0.5, 0.6) is 11.5 Å². The average Bonchev–Trinajstić information content (AvgIpc) is 2.98. The van der Waals surface area contributed by atoms with Gasteiger partial charge in [-0.3, -0.25) is 0 Å². The Hall–Kier alpha value is -1.22. The Kier molecular flexibility index (Phi) is 11.5. The lowest BCUT2D eigenvalue weighted by Crippen LogP contribution is -2.38. The van der Waals surface area contributed by atoms with Crippen LogP contribution >= 0.6 is 24.0 Å². The van der Waals surface area contributed by atoms with E-state index < -0.39 is 0 Å². The molecule has 0 fully saturated rings. The Labute approximate surface area is 180 Å². The van der Waals surface area contributed by atoms with Crippen LogP contribution in [-0.2, 0) is 17.7 Å². The topological polar surface area (TPSA) is 64.1 Å². The Morgan fingerprint density at radius 1 is 1.22 bits per heavy atom. The van der Waals surface area contributed by atoms with Crippen molar-refractivity contribution in [1.82, 2.24) is 10.6 Å². The maximum atomic E-state index is 5.89. The first-order valence-electron chi connectivity index (χ1n) is 9.73. The summed E-state index contributed by atoms with van der Waals surface area (Å²) in [5.74, 6) is 2.67. The first-order valence-corrected chi connectivity index (χ1v) is 9.73. The van der Waals surface area contributed by atoms with Gasteiger partial charge >= 0.3 is 0 Å². The van der Waals surface area contributed by atoms with Gasteiger partial charge in [0.2, 0.25) is 0 Å². The third kappa shape index (κ3) is 7.73. The van der Waals surface area contributed by atoms with E-state index in [-0.39, 0.29) is 30.1 Å². The molecule has 1 aliphatic heterocycles. The van der Waals surface area contributed by atoms with Crippen molar-refractivity contribution >= 4 is 29.9 Å². The number of ether oxygens (including phenoxy) is 3. The Morgan fingerprint density at radius 3 is 2.74 bits per heavy atom. The summed E-state index contributed by atoms with van der Waals surface area (Å²) in [7, 11) is 0. The minimum Gasteiger partial charge on any atom is -0.494 e. The summed E-state index contributed by atoms with van der Waals surface area (Å²) in [5.41, 5.74) is 2.26. The summed E-state index contributed by atoms with van der Waals surface area (Å²) in [6.07, 6.45) is 2.11. The second kappa shape index (κ2) is 13.0. The highest BCUT2D eigenvalue weighted by molar-refractivity contribution is 14.0. The van der Waals surface area contributed by atoms with E-state index in [1.807, 2.05) is 13.8 Å². The van der Waals surface area contributed by atoms with Crippen molar-refractivity contribution < 1.29 is 14.2 Å². The van der Waals surface area contributed by atoms with Crippen molar-refractivity contribution in [2.75, 3.05) is 32.9 Å². The van der Waals surface area contributed by atoms with E-state index in [9.17, 15) is 0 Å². The molecule has 154 valence electrons. The standard InChI is InChI=1S/C20H33N3O3.HI/c1-5-21-20(22-9-8-10-24-6-2)23-14-17-13-19-16(11-15(4)26-19)12-18(17)25-7-3;/h12-13,15H,5-11,14H2,1-4H3,(H2,21,22,23);1H. The molecular weight excluding hydrogens is 457 g/mol. The highest BCUT2D eigenvalue weighted by Gasteiger charge is 2.21. The summed E-state index contributed by atoms with van der Waals surface area (Å²) in [6.45, 7) is 12.5. The van der Waals surface area contributed by atoms with Crippen molar-refractivity contribution in [3.63, 3.8) is 0 Å². The van der Waals surface area contributed by atoms with E-state index in [1.54, 1.807) is 0 Å². The van der Waals surface area contributed by atoms with Crippen molar-refractivity contribution in [2.24, 2.45) is 4.99 Å². The van der Waals surface area contributed by atoms with E-state index in [2.05, 4.69) is 36.6 Å². The molecule has 1 atom stereocenters. The number of halogens is 1. The molecule has 6 nitrogen and oxygen atoms in total. The van der Waals surface area contributed by atoms with Gasteiger partial charge in [0.1, 0.15) is 17.6 Å². The van der Waals surface area contributed by atoms with Crippen LogP contribution in [0.15, 0.2) is 17.1 Å². The number of rotatable bonds is 10. The first kappa shape index (κ1) is 23.8. The molecule has 0 spiro atoms. The van der Waals surface area contributed by atoms with Crippen LogP contribution in [0, 0.1) is 0 Å². The number of nitrogens with zero attached hydrogens (tertiary/aromatic N) is 1. The predicted molar refractivity (Wildman–Crippen MR) is 121 cm³/mol. The van der Waals surface area contributed by atoms with Gasteiger partial charge in [-0.2, -0.15) is 0 Å². The summed E-state index contributed by atoms with van der Waals surface area (Å²) in [5, 5.41) is 6.63. The van der Waals surface area contributed by atoms with Gasteiger partial charge in [0.25, 0.3) is 0 Å². The lowest BCUT2D eigenvalue weighted by molar-refractivity contribution is 0.145. The van der Waals surface area contributed by atoms with E-state index in [4.69, 9.17) is 19.2 Å². The third-order valence-electron chi connectivity index (χ3n) is 4.09. The first-order chi connectivity index (χ1) is 12.7. The highest BCUT2D eigenvalue weighted by atomic mass is 127. The summed E-state index contributed by atoms with van der Waals surface area (Å²) >= 11 is 0. The quantitative estimate of drug-likeness (QED) is 0.227. The third-order valence-corrected chi connectivity index (χ3v) is 4.09. The van der Waals surface area contributed by atoms with Crippen LogP contribution in [0.1, 0.15) is 45.2 Å². The molecule has 1 aromatic carbocycles.